The summed E-state index contributed by atoms with van der Waals surface area (Å²) in [5.74, 6) is -0.794. The Morgan fingerprint density at radius 2 is 1.95 bits per heavy atom. The molecule has 0 aliphatic rings. The third kappa shape index (κ3) is 4.20. The van der Waals surface area contributed by atoms with E-state index in [1.165, 1.54) is 17.7 Å². The molecule has 110 valence electrons. The second kappa shape index (κ2) is 7.09. The third-order valence-electron chi connectivity index (χ3n) is 3.13. The first kappa shape index (κ1) is 15.3. The summed E-state index contributed by atoms with van der Waals surface area (Å²) < 4.78 is 0. The fraction of sp³-hybridized carbons (Fsp3) is 0.250. The van der Waals surface area contributed by atoms with Gasteiger partial charge in [-0.3, -0.25) is 0 Å². The van der Waals surface area contributed by atoms with Crippen molar-refractivity contribution in [3.05, 3.63) is 52.7 Å². The molecule has 0 aliphatic heterocycles. The zero-order valence-corrected chi connectivity index (χ0v) is 12.5. The lowest BCUT2D eigenvalue weighted by Gasteiger charge is -2.09. The molecular weight excluding hydrogens is 288 g/mol. The van der Waals surface area contributed by atoms with Gasteiger partial charge in [-0.2, -0.15) is 0 Å². The van der Waals surface area contributed by atoms with Gasteiger partial charge in [0.1, 0.15) is 16.5 Å². The number of halogens is 1. The quantitative estimate of drug-likeness (QED) is 0.770. The third-order valence-corrected chi connectivity index (χ3v) is 3.34. The maximum Gasteiger partial charge on any atom is 0.339 e. The highest BCUT2D eigenvalue weighted by Gasteiger charge is 2.12. The summed E-state index contributed by atoms with van der Waals surface area (Å²) in [5.41, 5.74) is 2.14. The van der Waals surface area contributed by atoms with E-state index in [4.69, 9.17) is 16.7 Å². The number of anilines is 2. The summed E-state index contributed by atoms with van der Waals surface area (Å²) in [4.78, 5) is 15.2. The number of benzene rings is 1. The van der Waals surface area contributed by atoms with Crippen LogP contribution in [0.3, 0.4) is 0 Å². The molecule has 0 spiro atoms. The number of unbranched alkanes of at least 4 members (excludes halogenated alkanes) is 1. The van der Waals surface area contributed by atoms with Crippen molar-refractivity contribution in [3.8, 4) is 0 Å². The van der Waals surface area contributed by atoms with Crippen molar-refractivity contribution in [2.45, 2.75) is 26.2 Å². The smallest absolute Gasteiger partial charge is 0.339 e. The maximum absolute atomic E-state index is 11.2. The van der Waals surface area contributed by atoms with Crippen LogP contribution in [-0.4, -0.2) is 16.1 Å². The Labute approximate surface area is 128 Å². The van der Waals surface area contributed by atoms with Crippen LogP contribution in [0.5, 0.6) is 0 Å². The van der Waals surface area contributed by atoms with Crippen LogP contribution in [0.1, 0.15) is 35.7 Å². The molecule has 1 aromatic heterocycles. The van der Waals surface area contributed by atoms with Crippen LogP contribution in [0.25, 0.3) is 0 Å². The molecule has 0 saturated carbocycles. The van der Waals surface area contributed by atoms with Crippen LogP contribution in [0, 0.1) is 0 Å². The SMILES string of the molecule is CCCCc1ccc(Nc2nc(Cl)ccc2C(=O)O)cc1. The van der Waals surface area contributed by atoms with Gasteiger partial charge in [0.25, 0.3) is 0 Å². The molecule has 21 heavy (non-hydrogen) atoms. The molecule has 0 bridgehead atoms. The number of nitrogens with one attached hydrogen (secondary N) is 1. The van der Waals surface area contributed by atoms with Crippen molar-refractivity contribution in [3.63, 3.8) is 0 Å². The fourth-order valence-corrected chi connectivity index (χ4v) is 2.12. The number of aromatic nitrogens is 1. The number of aromatic carboxylic acids is 1. The van der Waals surface area contributed by atoms with Crippen LogP contribution in [-0.2, 0) is 6.42 Å². The molecule has 5 heteroatoms. The summed E-state index contributed by atoms with van der Waals surface area (Å²) in [7, 11) is 0. The van der Waals surface area contributed by atoms with E-state index in [0.29, 0.717) is 0 Å². The molecular formula is C16H17ClN2O2. The molecule has 4 nitrogen and oxygen atoms in total. The molecule has 0 saturated heterocycles. The number of hydrogen-bond donors (Lipinski definition) is 2. The normalized spacial score (nSPS) is 10.4. The van der Waals surface area contributed by atoms with Gasteiger partial charge in [0.05, 0.1) is 0 Å². The highest BCUT2D eigenvalue weighted by atomic mass is 35.5. The second-order valence-electron chi connectivity index (χ2n) is 4.76. The minimum Gasteiger partial charge on any atom is -0.478 e. The van der Waals surface area contributed by atoms with Gasteiger partial charge in [0.2, 0.25) is 0 Å². The van der Waals surface area contributed by atoms with E-state index in [1.54, 1.807) is 0 Å². The summed E-state index contributed by atoms with van der Waals surface area (Å²) in [6, 6.07) is 10.8. The summed E-state index contributed by atoms with van der Waals surface area (Å²) in [6.07, 6.45) is 3.37. The largest absolute Gasteiger partial charge is 0.478 e. The van der Waals surface area contributed by atoms with Gasteiger partial charge in [0.15, 0.2) is 0 Å². The molecule has 1 aromatic carbocycles. The van der Waals surface area contributed by atoms with Gasteiger partial charge in [0, 0.05) is 5.69 Å². The first-order valence-corrected chi connectivity index (χ1v) is 7.23. The summed E-state index contributed by atoms with van der Waals surface area (Å²) >= 11 is 5.83. The number of hydrogen-bond acceptors (Lipinski definition) is 3. The molecule has 2 rings (SSSR count). The van der Waals surface area contributed by atoms with Crippen molar-refractivity contribution in [1.29, 1.82) is 0 Å². The average Bonchev–Trinajstić information content (AvgIpc) is 2.46. The van der Waals surface area contributed by atoms with Crippen LogP contribution in [0.2, 0.25) is 5.15 Å². The Morgan fingerprint density at radius 1 is 1.24 bits per heavy atom. The summed E-state index contributed by atoms with van der Waals surface area (Å²) in [6.45, 7) is 2.16. The highest BCUT2D eigenvalue weighted by Crippen LogP contribution is 2.22. The molecule has 0 amide bonds. The number of pyridine rings is 1. The van der Waals surface area contributed by atoms with Crippen molar-refractivity contribution >= 4 is 29.1 Å². The monoisotopic (exact) mass is 304 g/mol. The molecule has 0 atom stereocenters. The Balaban J connectivity index is 2.18. The lowest BCUT2D eigenvalue weighted by Crippen LogP contribution is -2.05. The van der Waals surface area contributed by atoms with Gasteiger partial charge >= 0.3 is 5.97 Å². The number of aryl methyl sites for hydroxylation is 1. The van der Waals surface area contributed by atoms with Gasteiger partial charge in [-0.05, 0) is 42.7 Å². The molecule has 2 aromatic rings. The minimum atomic E-state index is -1.04. The molecule has 0 fully saturated rings. The van der Waals surface area contributed by atoms with Crippen molar-refractivity contribution in [2.75, 3.05) is 5.32 Å². The number of nitrogens with zero attached hydrogens (tertiary/aromatic N) is 1. The fourth-order valence-electron chi connectivity index (χ4n) is 1.98. The van der Waals surface area contributed by atoms with Gasteiger partial charge in [-0.25, -0.2) is 9.78 Å². The van der Waals surface area contributed by atoms with E-state index >= 15 is 0 Å². The van der Waals surface area contributed by atoms with E-state index in [-0.39, 0.29) is 16.5 Å². The van der Waals surface area contributed by atoms with Crippen LogP contribution >= 0.6 is 11.6 Å². The molecule has 0 unspecified atom stereocenters. The predicted octanol–water partition coefficient (Wildman–Crippen LogP) is 4.52. The second-order valence-corrected chi connectivity index (χ2v) is 5.15. The number of rotatable bonds is 6. The number of carboxylic acids is 1. The van der Waals surface area contributed by atoms with Crippen LogP contribution in [0.4, 0.5) is 11.5 Å². The van der Waals surface area contributed by atoms with Crippen molar-refractivity contribution in [1.82, 2.24) is 4.98 Å². The van der Waals surface area contributed by atoms with E-state index in [1.807, 2.05) is 24.3 Å². The van der Waals surface area contributed by atoms with E-state index in [2.05, 4.69) is 17.2 Å². The Kier molecular flexibility index (Phi) is 5.17. The molecule has 2 N–H and O–H groups in total. The maximum atomic E-state index is 11.2. The lowest BCUT2D eigenvalue weighted by molar-refractivity contribution is 0.0697. The number of carboxylic acid groups (broad SMARTS) is 1. The number of carbonyl (C=O) groups is 1. The van der Waals surface area contributed by atoms with Crippen LogP contribution < -0.4 is 5.32 Å². The van der Waals surface area contributed by atoms with Crippen molar-refractivity contribution < 1.29 is 9.90 Å². The van der Waals surface area contributed by atoms with Gasteiger partial charge < -0.3 is 10.4 Å². The zero-order valence-electron chi connectivity index (χ0n) is 11.8. The highest BCUT2D eigenvalue weighted by molar-refractivity contribution is 6.29. The van der Waals surface area contributed by atoms with E-state index < -0.39 is 5.97 Å². The molecule has 0 aliphatic carbocycles. The molecule has 0 radical (unpaired) electrons. The Morgan fingerprint density at radius 3 is 2.57 bits per heavy atom. The standard InChI is InChI=1S/C16H17ClN2O2/c1-2-3-4-11-5-7-12(8-6-11)18-15-13(16(20)21)9-10-14(17)19-15/h5-10H,2-4H2,1H3,(H,18,19)(H,20,21). The van der Waals surface area contributed by atoms with Gasteiger partial charge in [-0.15, -0.1) is 0 Å². The average molecular weight is 305 g/mol. The zero-order chi connectivity index (χ0) is 15.2. The van der Waals surface area contributed by atoms with E-state index in [9.17, 15) is 4.79 Å². The lowest BCUT2D eigenvalue weighted by atomic mass is 10.1. The topological polar surface area (TPSA) is 62.2 Å². The molecule has 1 heterocycles. The first-order chi connectivity index (χ1) is 10.1. The predicted molar refractivity (Wildman–Crippen MR) is 84.5 cm³/mol. The van der Waals surface area contributed by atoms with Gasteiger partial charge in [-0.1, -0.05) is 37.1 Å². The van der Waals surface area contributed by atoms with E-state index in [0.717, 1.165) is 24.9 Å². The Bertz CT molecular complexity index is 627. The summed E-state index contributed by atoms with van der Waals surface area (Å²) in [5, 5.41) is 12.4. The first-order valence-electron chi connectivity index (χ1n) is 6.86. The Hall–Kier alpha value is -2.07. The van der Waals surface area contributed by atoms with Crippen LogP contribution in [0.15, 0.2) is 36.4 Å². The minimum absolute atomic E-state index is 0.0921. The van der Waals surface area contributed by atoms with Crippen molar-refractivity contribution in [2.24, 2.45) is 0 Å².